The van der Waals surface area contributed by atoms with Crippen LogP contribution in [0.3, 0.4) is 0 Å². The van der Waals surface area contributed by atoms with Crippen molar-refractivity contribution >= 4 is 29.6 Å². The summed E-state index contributed by atoms with van der Waals surface area (Å²) in [6.07, 6.45) is 1.58. The number of nitrogens with one attached hydrogen (secondary N) is 1. The molecule has 0 saturated carbocycles. The van der Waals surface area contributed by atoms with E-state index in [1.54, 1.807) is 55.7 Å². The zero-order valence-corrected chi connectivity index (χ0v) is 15.0. The van der Waals surface area contributed by atoms with E-state index in [1.165, 1.54) is 7.11 Å². The largest absolute Gasteiger partial charge is 0.497 e. The van der Waals surface area contributed by atoms with E-state index < -0.39 is 11.9 Å². The van der Waals surface area contributed by atoms with Gasteiger partial charge in [0.25, 0.3) is 5.91 Å². The third-order valence-corrected chi connectivity index (χ3v) is 4.21. The molecule has 26 heavy (non-hydrogen) atoms. The standard InChI is InChI=1S/C19H17ClN2O4/c1-25-15-8-5-13(17(10-15)26-2)9-16-18(23)22(19(24)21-16)11-12-3-6-14(20)7-4-12/h3-10H,11H2,1-2H3,(H,21,24). The fourth-order valence-electron chi connectivity index (χ4n) is 2.58. The summed E-state index contributed by atoms with van der Waals surface area (Å²) < 4.78 is 10.5. The predicted octanol–water partition coefficient (Wildman–Crippen LogP) is 3.45. The Morgan fingerprint density at radius 3 is 2.46 bits per heavy atom. The molecule has 0 radical (unpaired) electrons. The van der Waals surface area contributed by atoms with Gasteiger partial charge in [-0.1, -0.05) is 23.7 Å². The van der Waals surface area contributed by atoms with Gasteiger partial charge in [-0.2, -0.15) is 0 Å². The zero-order chi connectivity index (χ0) is 18.7. The number of rotatable bonds is 5. The van der Waals surface area contributed by atoms with Crippen molar-refractivity contribution in [3.8, 4) is 11.5 Å². The van der Waals surface area contributed by atoms with Crippen LogP contribution < -0.4 is 14.8 Å². The fraction of sp³-hybridized carbons (Fsp3) is 0.158. The molecule has 1 saturated heterocycles. The minimum Gasteiger partial charge on any atom is -0.497 e. The van der Waals surface area contributed by atoms with Gasteiger partial charge in [-0.3, -0.25) is 9.69 Å². The van der Waals surface area contributed by atoms with Gasteiger partial charge in [-0.25, -0.2) is 4.79 Å². The van der Waals surface area contributed by atoms with Gasteiger partial charge < -0.3 is 14.8 Å². The lowest BCUT2D eigenvalue weighted by atomic mass is 10.1. The molecule has 2 aromatic carbocycles. The third kappa shape index (κ3) is 3.65. The van der Waals surface area contributed by atoms with Crippen LogP contribution in [0.1, 0.15) is 11.1 Å². The Morgan fingerprint density at radius 2 is 1.81 bits per heavy atom. The summed E-state index contributed by atoms with van der Waals surface area (Å²) in [5, 5.41) is 3.19. The lowest BCUT2D eigenvalue weighted by Gasteiger charge is -2.11. The summed E-state index contributed by atoms with van der Waals surface area (Å²) >= 11 is 5.86. The average molecular weight is 373 g/mol. The molecule has 0 spiro atoms. The Labute approximate surface area is 156 Å². The molecule has 1 aliphatic heterocycles. The minimum atomic E-state index is -0.469. The van der Waals surface area contributed by atoms with Crippen molar-refractivity contribution in [3.63, 3.8) is 0 Å². The Hall–Kier alpha value is -2.99. The molecule has 1 N–H and O–H groups in total. The lowest BCUT2D eigenvalue weighted by molar-refractivity contribution is -0.123. The first-order valence-electron chi connectivity index (χ1n) is 7.83. The highest BCUT2D eigenvalue weighted by atomic mass is 35.5. The van der Waals surface area contributed by atoms with E-state index in [-0.39, 0.29) is 12.2 Å². The molecule has 0 bridgehead atoms. The topological polar surface area (TPSA) is 67.9 Å². The molecule has 6 nitrogen and oxygen atoms in total. The number of carbonyl (C=O) groups is 2. The molecular formula is C19H17ClN2O4. The van der Waals surface area contributed by atoms with Crippen molar-refractivity contribution in [2.75, 3.05) is 14.2 Å². The van der Waals surface area contributed by atoms with Gasteiger partial charge in [-0.15, -0.1) is 0 Å². The van der Waals surface area contributed by atoms with Gasteiger partial charge in [0.15, 0.2) is 0 Å². The van der Waals surface area contributed by atoms with Crippen LogP contribution in [0.2, 0.25) is 5.02 Å². The van der Waals surface area contributed by atoms with Crippen LogP contribution in [0, 0.1) is 0 Å². The monoisotopic (exact) mass is 372 g/mol. The molecule has 0 aromatic heterocycles. The second-order valence-electron chi connectivity index (χ2n) is 5.61. The quantitative estimate of drug-likeness (QED) is 0.644. The van der Waals surface area contributed by atoms with Crippen molar-refractivity contribution < 1.29 is 19.1 Å². The maximum absolute atomic E-state index is 12.6. The van der Waals surface area contributed by atoms with E-state index >= 15 is 0 Å². The molecule has 1 fully saturated rings. The molecule has 3 rings (SSSR count). The molecule has 0 unspecified atom stereocenters. The summed E-state index contributed by atoms with van der Waals surface area (Å²) in [7, 11) is 3.08. The van der Waals surface area contributed by atoms with E-state index in [0.29, 0.717) is 22.1 Å². The van der Waals surface area contributed by atoms with Gasteiger partial charge in [-0.05, 0) is 35.9 Å². The van der Waals surface area contributed by atoms with Crippen LogP contribution in [0.25, 0.3) is 6.08 Å². The first-order valence-corrected chi connectivity index (χ1v) is 8.20. The summed E-state index contributed by atoms with van der Waals surface area (Å²) in [4.78, 5) is 25.9. The van der Waals surface area contributed by atoms with E-state index in [2.05, 4.69) is 5.32 Å². The second-order valence-corrected chi connectivity index (χ2v) is 6.05. The van der Waals surface area contributed by atoms with Crippen molar-refractivity contribution in [1.82, 2.24) is 10.2 Å². The summed E-state index contributed by atoms with van der Waals surface area (Å²) in [5.41, 5.74) is 1.65. The van der Waals surface area contributed by atoms with E-state index in [0.717, 1.165) is 10.5 Å². The number of amides is 3. The molecule has 7 heteroatoms. The minimum absolute atomic E-state index is 0.166. The molecule has 134 valence electrons. The van der Waals surface area contributed by atoms with Gasteiger partial charge in [0.2, 0.25) is 0 Å². The molecule has 3 amide bonds. The Kier molecular flexibility index (Phi) is 5.14. The van der Waals surface area contributed by atoms with Crippen LogP contribution >= 0.6 is 11.6 Å². The molecule has 2 aromatic rings. The van der Waals surface area contributed by atoms with Gasteiger partial charge in [0, 0.05) is 16.7 Å². The van der Waals surface area contributed by atoms with Gasteiger partial charge in [0.05, 0.1) is 20.8 Å². The van der Waals surface area contributed by atoms with Crippen LogP contribution in [0.5, 0.6) is 11.5 Å². The van der Waals surface area contributed by atoms with Crippen LogP contribution in [0.4, 0.5) is 4.79 Å². The smallest absolute Gasteiger partial charge is 0.329 e. The number of benzene rings is 2. The van der Waals surface area contributed by atoms with E-state index in [4.69, 9.17) is 21.1 Å². The summed E-state index contributed by atoms with van der Waals surface area (Å²) in [6.45, 7) is 0.166. The fourth-order valence-corrected chi connectivity index (χ4v) is 2.71. The predicted molar refractivity (Wildman–Crippen MR) is 98.1 cm³/mol. The van der Waals surface area contributed by atoms with Crippen LogP contribution in [0.15, 0.2) is 48.2 Å². The number of hydrogen-bond donors (Lipinski definition) is 1. The number of imide groups is 1. The maximum Gasteiger partial charge on any atom is 0.329 e. The van der Waals surface area contributed by atoms with E-state index in [9.17, 15) is 9.59 Å². The second kappa shape index (κ2) is 7.49. The SMILES string of the molecule is COc1ccc(C=C2NC(=O)N(Cc3ccc(Cl)cc3)C2=O)c(OC)c1. The van der Waals surface area contributed by atoms with Crippen LogP contribution in [-0.2, 0) is 11.3 Å². The van der Waals surface area contributed by atoms with Gasteiger partial charge >= 0.3 is 6.03 Å². The number of halogens is 1. The number of urea groups is 1. The normalized spacial score (nSPS) is 15.3. The van der Waals surface area contributed by atoms with Gasteiger partial charge in [0.1, 0.15) is 17.2 Å². The number of hydrogen-bond acceptors (Lipinski definition) is 4. The maximum atomic E-state index is 12.6. The first kappa shape index (κ1) is 17.8. The van der Waals surface area contributed by atoms with Crippen molar-refractivity contribution in [2.24, 2.45) is 0 Å². The molecule has 1 heterocycles. The lowest BCUT2D eigenvalue weighted by Crippen LogP contribution is -2.30. The number of nitrogens with zero attached hydrogens (tertiary/aromatic N) is 1. The number of carbonyl (C=O) groups excluding carboxylic acids is 2. The summed E-state index contributed by atoms with van der Waals surface area (Å²) in [5.74, 6) is 0.771. The zero-order valence-electron chi connectivity index (χ0n) is 14.3. The van der Waals surface area contributed by atoms with E-state index in [1.807, 2.05) is 0 Å². The highest BCUT2D eigenvalue weighted by Crippen LogP contribution is 2.27. The molecule has 0 atom stereocenters. The number of methoxy groups -OCH3 is 2. The van der Waals surface area contributed by atoms with Crippen molar-refractivity contribution in [1.29, 1.82) is 0 Å². The Morgan fingerprint density at radius 1 is 1.08 bits per heavy atom. The highest BCUT2D eigenvalue weighted by Gasteiger charge is 2.33. The number of ether oxygens (including phenoxy) is 2. The molecule has 0 aliphatic carbocycles. The van der Waals surface area contributed by atoms with Crippen molar-refractivity contribution in [3.05, 3.63) is 64.3 Å². The van der Waals surface area contributed by atoms with Crippen LogP contribution in [-0.4, -0.2) is 31.1 Å². The Balaban J connectivity index is 1.84. The van der Waals surface area contributed by atoms with Crippen molar-refractivity contribution in [2.45, 2.75) is 6.54 Å². The summed E-state index contributed by atoms with van der Waals surface area (Å²) in [6, 6.07) is 11.7. The highest BCUT2D eigenvalue weighted by molar-refractivity contribution is 6.30. The third-order valence-electron chi connectivity index (χ3n) is 3.96. The first-order chi connectivity index (χ1) is 12.5. The average Bonchev–Trinajstić information content (AvgIpc) is 2.91. The Bertz CT molecular complexity index is 878. The molecular weight excluding hydrogens is 356 g/mol. The molecule has 1 aliphatic rings.